The standard InChI is InChI=1S/C4H10O4.C4H4O4/c5-1-3(7)4(8)2-6;5-3(6)1-2-4(7)8/h3-8H,1-2H2;1-2H,(H,5,6)(H,7,8)/b;2-1-. The SMILES string of the molecule is O=C(O)/C=C\C(=O)O.OCC(O)C(O)CO. The highest BCUT2D eigenvalue weighted by Gasteiger charge is 2.12. The monoisotopic (exact) mass is 238 g/mol. The van der Waals surface area contributed by atoms with Crippen LogP contribution in [0, 0.1) is 0 Å². The highest BCUT2D eigenvalue weighted by atomic mass is 16.4. The van der Waals surface area contributed by atoms with E-state index in [4.69, 9.17) is 30.6 Å². The van der Waals surface area contributed by atoms with E-state index in [0.717, 1.165) is 0 Å². The van der Waals surface area contributed by atoms with E-state index in [0.29, 0.717) is 12.2 Å². The van der Waals surface area contributed by atoms with Crippen molar-refractivity contribution in [3.8, 4) is 0 Å². The molecule has 0 rings (SSSR count). The van der Waals surface area contributed by atoms with E-state index in [1.807, 2.05) is 0 Å². The maximum Gasteiger partial charge on any atom is 0.328 e. The van der Waals surface area contributed by atoms with Crippen molar-refractivity contribution in [2.24, 2.45) is 0 Å². The molecule has 16 heavy (non-hydrogen) atoms. The lowest BCUT2D eigenvalue weighted by molar-refractivity contribution is -0.134. The molecule has 0 fully saturated rings. The van der Waals surface area contributed by atoms with Crippen LogP contribution < -0.4 is 0 Å². The van der Waals surface area contributed by atoms with Gasteiger partial charge in [-0.05, 0) is 0 Å². The predicted molar refractivity (Wildman–Crippen MR) is 50.6 cm³/mol. The summed E-state index contributed by atoms with van der Waals surface area (Å²) in [6, 6.07) is 0. The summed E-state index contributed by atoms with van der Waals surface area (Å²) in [7, 11) is 0. The zero-order chi connectivity index (χ0) is 13.1. The fourth-order valence-corrected chi connectivity index (χ4v) is 0.386. The van der Waals surface area contributed by atoms with Crippen molar-refractivity contribution in [2.45, 2.75) is 12.2 Å². The van der Waals surface area contributed by atoms with Gasteiger partial charge in [0.05, 0.1) is 13.2 Å². The third-order valence-electron chi connectivity index (χ3n) is 1.19. The fraction of sp³-hybridized carbons (Fsp3) is 0.500. The molecule has 8 heteroatoms. The quantitative estimate of drug-likeness (QED) is 0.285. The van der Waals surface area contributed by atoms with Crippen LogP contribution in [-0.2, 0) is 9.59 Å². The molecule has 0 spiro atoms. The summed E-state index contributed by atoms with van der Waals surface area (Å²) in [4.78, 5) is 19.1. The number of carbonyl (C=O) groups is 2. The zero-order valence-corrected chi connectivity index (χ0v) is 8.22. The molecule has 8 nitrogen and oxygen atoms in total. The summed E-state index contributed by atoms with van der Waals surface area (Å²) in [5, 5.41) is 48.8. The Kier molecular flexibility index (Phi) is 10.6. The van der Waals surface area contributed by atoms with Gasteiger partial charge in [0.1, 0.15) is 12.2 Å². The van der Waals surface area contributed by atoms with E-state index in [9.17, 15) is 9.59 Å². The Morgan fingerprint density at radius 2 is 1.12 bits per heavy atom. The van der Waals surface area contributed by atoms with Gasteiger partial charge in [0.25, 0.3) is 0 Å². The molecule has 0 aromatic rings. The third kappa shape index (κ3) is 12.5. The number of aliphatic carboxylic acids is 2. The Labute approximate surface area is 90.7 Å². The first kappa shape index (κ1) is 16.9. The van der Waals surface area contributed by atoms with E-state index in [1.54, 1.807) is 0 Å². The second-order valence-electron chi connectivity index (χ2n) is 2.51. The Hall–Kier alpha value is -1.48. The summed E-state index contributed by atoms with van der Waals surface area (Å²) in [5.41, 5.74) is 0. The van der Waals surface area contributed by atoms with E-state index in [-0.39, 0.29) is 0 Å². The number of aliphatic hydroxyl groups is 4. The molecular weight excluding hydrogens is 224 g/mol. The normalized spacial score (nSPS) is 13.8. The smallest absolute Gasteiger partial charge is 0.328 e. The Morgan fingerprint density at radius 3 is 1.25 bits per heavy atom. The molecular formula is C8H14O8. The molecule has 0 radical (unpaired) electrons. The van der Waals surface area contributed by atoms with Gasteiger partial charge in [0.2, 0.25) is 0 Å². The van der Waals surface area contributed by atoms with Crippen molar-refractivity contribution < 1.29 is 40.2 Å². The topological polar surface area (TPSA) is 156 Å². The molecule has 0 aromatic heterocycles. The Bertz CT molecular complexity index is 212. The van der Waals surface area contributed by atoms with Gasteiger partial charge < -0.3 is 30.6 Å². The number of carboxylic acids is 2. The lowest BCUT2D eigenvalue weighted by Gasteiger charge is -2.10. The highest BCUT2D eigenvalue weighted by molar-refractivity contribution is 5.89. The number of carboxylic acid groups (broad SMARTS) is 2. The first-order valence-electron chi connectivity index (χ1n) is 4.06. The number of hydrogen-bond donors (Lipinski definition) is 6. The predicted octanol–water partition coefficient (Wildman–Crippen LogP) is -2.60. The maximum absolute atomic E-state index is 9.55. The van der Waals surface area contributed by atoms with Crippen LogP contribution >= 0.6 is 0 Å². The van der Waals surface area contributed by atoms with E-state index in [2.05, 4.69) is 0 Å². The van der Waals surface area contributed by atoms with Crippen LogP contribution in [0.1, 0.15) is 0 Å². The highest BCUT2D eigenvalue weighted by Crippen LogP contribution is 1.88. The second-order valence-corrected chi connectivity index (χ2v) is 2.51. The minimum atomic E-state index is -1.26. The van der Waals surface area contributed by atoms with Crippen molar-refractivity contribution in [1.29, 1.82) is 0 Å². The van der Waals surface area contributed by atoms with Gasteiger partial charge in [-0.2, -0.15) is 0 Å². The molecule has 0 bridgehead atoms. The maximum atomic E-state index is 9.55. The van der Waals surface area contributed by atoms with Crippen LogP contribution in [-0.4, -0.2) is 68.0 Å². The molecule has 0 heterocycles. The van der Waals surface area contributed by atoms with Crippen LogP contribution in [0.3, 0.4) is 0 Å². The summed E-state index contributed by atoms with van der Waals surface area (Å²) in [5.74, 6) is -2.51. The third-order valence-corrected chi connectivity index (χ3v) is 1.19. The molecule has 0 saturated carbocycles. The van der Waals surface area contributed by atoms with E-state index >= 15 is 0 Å². The molecule has 6 N–H and O–H groups in total. The molecule has 2 atom stereocenters. The lowest BCUT2D eigenvalue weighted by Crippen LogP contribution is -2.31. The van der Waals surface area contributed by atoms with Crippen LogP contribution in [0.25, 0.3) is 0 Å². The van der Waals surface area contributed by atoms with Gasteiger partial charge >= 0.3 is 11.9 Å². The van der Waals surface area contributed by atoms with Gasteiger partial charge in [-0.1, -0.05) is 0 Å². The van der Waals surface area contributed by atoms with Gasteiger partial charge in [-0.25, -0.2) is 9.59 Å². The molecule has 0 amide bonds. The van der Waals surface area contributed by atoms with E-state index < -0.39 is 37.4 Å². The van der Waals surface area contributed by atoms with Gasteiger partial charge in [0, 0.05) is 12.2 Å². The average Bonchev–Trinajstić information content (AvgIpc) is 2.25. The van der Waals surface area contributed by atoms with Crippen LogP contribution in [0.4, 0.5) is 0 Å². The lowest BCUT2D eigenvalue weighted by atomic mass is 10.2. The number of rotatable bonds is 5. The van der Waals surface area contributed by atoms with Crippen molar-refractivity contribution in [2.75, 3.05) is 13.2 Å². The Morgan fingerprint density at radius 1 is 0.875 bits per heavy atom. The van der Waals surface area contributed by atoms with Gasteiger partial charge in [-0.3, -0.25) is 0 Å². The Balaban J connectivity index is 0. The summed E-state index contributed by atoms with van der Waals surface area (Å²) in [6.45, 7) is -1.05. The average molecular weight is 238 g/mol. The van der Waals surface area contributed by atoms with Crippen molar-refractivity contribution in [3.63, 3.8) is 0 Å². The zero-order valence-electron chi connectivity index (χ0n) is 8.22. The molecule has 0 saturated heterocycles. The molecule has 94 valence electrons. The largest absolute Gasteiger partial charge is 0.478 e. The molecule has 0 aromatic carbocycles. The van der Waals surface area contributed by atoms with Crippen molar-refractivity contribution in [1.82, 2.24) is 0 Å². The molecule has 2 unspecified atom stereocenters. The van der Waals surface area contributed by atoms with Crippen molar-refractivity contribution in [3.05, 3.63) is 12.2 Å². The first-order valence-corrected chi connectivity index (χ1v) is 4.06. The second kappa shape index (κ2) is 10.1. The van der Waals surface area contributed by atoms with Crippen LogP contribution in [0.15, 0.2) is 12.2 Å². The van der Waals surface area contributed by atoms with Crippen LogP contribution in [0.2, 0.25) is 0 Å². The van der Waals surface area contributed by atoms with Crippen LogP contribution in [0.5, 0.6) is 0 Å². The summed E-state index contributed by atoms with van der Waals surface area (Å²) in [6.07, 6.45) is -1.33. The molecule has 0 aliphatic rings. The fourth-order valence-electron chi connectivity index (χ4n) is 0.386. The van der Waals surface area contributed by atoms with Gasteiger partial charge in [-0.15, -0.1) is 0 Å². The summed E-state index contributed by atoms with van der Waals surface area (Å²) < 4.78 is 0. The van der Waals surface area contributed by atoms with Gasteiger partial charge in [0.15, 0.2) is 0 Å². The molecule has 0 aliphatic carbocycles. The first-order chi connectivity index (χ1) is 7.34. The number of hydrogen-bond acceptors (Lipinski definition) is 6. The minimum absolute atomic E-state index is 0.526. The van der Waals surface area contributed by atoms with E-state index in [1.165, 1.54) is 0 Å². The molecule has 0 aliphatic heterocycles. The minimum Gasteiger partial charge on any atom is -0.478 e. The number of aliphatic hydroxyl groups excluding tert-OH is 4. The summed E-state index contributed by atoms with van der Waals surface area (Å²) >= 11 is 0. The van der Waals surface area contributed by atoms with Crippen molar-refractivity contribution >= 4 is 11.9 Å².